The topological polar surface area (TPSA) is 89.4 Å². The van der Waals surface area contributed by atoms with Gasteiger partial charge in [-0.1, -0.05) is 440 Å². The first kappa shape index (κ1) is 126. The Labute approximate surface area is 806 Å². The summed E-state index contributed by atoms with van der Waals surface area (Å²) in [6.07, 6.45) is 32.3. The van der Waals surface area contributed by atoms with Gasteiger partial charge >= 0.3 is 0 Å². The third-order valence-electron chi connectivity index (χ3n) is 23.0. The van der Waals surface area contributed by atoms with E-state index in [9.17, 15) is 0 Å². The van der Waals surface area contributed by atoms with Gasteiger partial charge in [-0.05, 0) is 276 Å². The molecule has 7 nitrogen and oxygen atoms in total. The number of aromatic nitrogens is 6. The van der Waals surface area contributed by atoms with E-state index >= 15 is 0 Å². The van der Waals surface area contributed by atoms with Gasteiger partial charge in [0.25, 0.3) is 0 Å². The molecule has 130 heavy (non-hydrogen) atoms. The van der Waals surface area contributed by atoms with Crippen molar-refractivity contribution in [2.45, 2.75) is 349 Å². The zero-order valence-corrected chi connectivity index (χ0v) is 91.2. The van der Waals surface area contributed by atoms with Crippen molar-refractivity contribution in [3.05, 3.63) is 279 Å². The van der Waals surface area contributed by atoms with Gasteiger partial charge in [0.15, 0.2) is 25.5 Å². The van der Waals surface area contributed by atoms with Gasteiger partial charge in [-0.2, -0.15) is 13.5 Å². The number of para-hydroxylation sites is 1. The van der Waals surface area contributed by atoms with Gasteiger partial charge in [0.1, 0.15) is 19.0 Å². The van der Waals surface area contributed by atoms with Crippen LogP contribution in [0.25, 0.3) is 66.1 Å². The molecule has 11 aliphatic rings. The van der Waals surface area contributed by atoms with Crippen molar-refractivity contribution in [3.8, 4) is 44.5 Å². The van der Waals surface area contributed by atoms with Gasteiger partial charge in [-0.25, -0.2) is 15.0 Å². The first-order chi connectivity index (χ1) is 64.5. The van der Waals surface area contributed by atoms with Crippen molar-refractivity contribution in [2.24, 2.45) is 53.3 Å². The van der Waals surface area contributed by atoms with E-state index in [4.69, 9.17) is 0 Å². The highest BCUT2D eigenvalue weighted by Gasteiger charge is 2.49. The highest BCUT2D eigenvalue weighted by atomic mass is 31.1. The number of benzene rings is 10. The van der Waals surface area contributed by atoms with E-state index < -0.39 is 0 Å². The van der Waals surface area contributed by atoms with E-state index in [0.29, 0.717) is 5.41 Å². The molecular formula is C120H188N7P3. The quantitative estimate of drug-likeness (QED) is 0.176. The van der Waals surface area contributed by atoms with Crippen LogP contribution < -0.4 is 5.32 Å². The third kappa shape index (κ3) is 44.1. The average molecular weight is 1820 g/mol. The molecule has 1 aliphatic heterocycles. The molecule has 10 aliphatic carbocycles. The average Bonchev–Trinajstić information content (AvgIpc) is 1.56. The minimum atomic E-state index is 0.579. The Balaban J connectivity index is -0.00000138. The monoisotopic (exact) mass is 1820 g/mol. The van der Waals surface area contributed by atoms with E-state index in [2.05, 4.69) is 283 Å². The van der Waals surface area contributed by atoms with Crippen molar-refractivity contribution >= 4 is 52.8 Å². The minimum absolute atomic E-state index is 0.579. The summed E-state index contributed by atoms with van der Waals surface area (Å²) < 4.78 is 11.3. The summed E-state index contributed by atoms with van der Waals surface area (Å²) >= 11 is 0. The van der Waals surface area contributed by atoms with E-state index in [1.54, 1.807) is 82.6 Å². The van der Waals surface area contributed by atoms with Gasteiger partial charge in [0.2, 0.25) is 0 Å². The molecule has 0 saturated heterocycles. The molecule has 10 fully saturated rings. The molecule has 23 rings (SSSR count). The molecular weight excluding hydrogens is 1630 g/mol. The summed E-state index contributed by atoms with van der Waals surface area (Å²) in [7, 11) is 2.49. The maximum Gasteiger partial charge on any atom is 0.166 e. The van der Waals surface area contributed by atoms with Crippen LogP contribution in [0.15, 0.2) is 268 Å². The number of hydrogen-bond acceptors (Lipinski definition) is 7. The van der Waals surface area contributed by atoms with Crippen LogP contribution in [-0.4, -0.2) is 28.5 Å². The van der Waals surface area contributed by atoms with Gasteiger partial charge < -0.3 is 5.32 Å². The second-order valence-electron chi connectivity index (χ2n) is 28.9. The fourth-order valence-electron chi connectivity index (χ4n) is 18.7. The van der Waals surface area contributed by atoms with Crippen molar-refractivity contribution in [3.63, 3.8) is 0 Å². The second-order valence-corrected chi connectivity index (χ2v) is 31.6. The first-order valence-electron chi connectivity index (χ1n) is 52.4. The highest BCUT2D eigenvalue weighted by Crippen LogP contribution is 2.59. The van der Waals surface area contributed by atoms with Crippen molar-refractivity contribution < 1.29 is 0 Å². The Kier molecular flexibility index (Phi) is 82.4. The molecule has 4 atom stereocenters. The van der Waals surface area contributed by atoms with Crippen LogP contribution >= 0.6 is 25.5 Å². The predicted molar refractivity (Wildman–Crippen MR) is 595 cm³/mol. The summed E-state index contributed by atoms with van der Waals surface area (Å²) in [5.41, 5.74) is 15.0. The normalized spacial score (nSPS) is 18.8. The number of anilines is 1. The zero-order valence-electron chi connectivity index (χ0n) is 88.6. The molecule has 10 saturated carbocycles. The lowest BCUT2D eigenvalue weighted by Gasteiger charge is -2.49. The first-order valence-corrected chi connectivity index (χ1v) is 54.8. The molecule has 718 valence electrons. The van der Waals surface area contributed by atoms with Crippen LogP contribution in [0.3, 0.4) is 0 Å². The molecule has 0 radical (unpaired) electrons. The lowest BCUT2D eigenvalue weighted by Crippen LogP contribution is -2.38. The number of nitrogens with one attached hydrogen (secondary N) is 1. The maximum absolute atomic E-state index is 3.78. The van der Waals surface area contributed by atoms with Crippen molar-refractivity contribution in [1.82, 2.24) is 28.5 Å². The van der Waals surface area contributed by atoms with Gasteiger partial charge in [-0.15, -0.1) is 0 Å². The fourth-order valence-corrected chi connectivity index (χ4v) is 20.5. The Morgan fingerprint density at radius 1 is 0.254 bits per heavy atom. The van der Waals surface area contributed by atoms with Crippen LogP contribution in [-0.2, 0) is 12.0 Å². The van der Waals surface area contributed by atoms with Crippen LogP contribution in [0.1, 0.15) is 348 Å². The van der Waals surface area contributed by atoms with Crippen LogP contribution in [0.5, 0.6) is 0 Å². The van der Waals surface area contributed by atoms with E-state index in [1.807, 2.05) is 222 Å². The van der Waals surface area contributed by atoms with Crippen LogP contribution in [0.2, 0.25) is 0 Å². The second kappa shape index (κ2) is 85.0. The molecule has 8 bridgehead atoms. The fraction of sp³-hybridized carbons (Fsp3) is 0.508. The number of fused-ring (bicyclic) bond motifs is 13. The van der Waals surface area contributed by atoms with Gasteiger partial charge in [0, 0.05) is 17.8 Å². The van der Waals surface area contributed by atoms with Crippen molar-refractivity contribution in [1.29, 1.82) is 0 Å². The number of rotatable bonds is 4. The van der Waals surface area contributed by atoms with Crippen LogP contribution in [0, 0.1) is 53.3 Å². The summed E-state index contributed by atoms with van der Waals surface area (Å²) in [5, 5.41) is 8.66. The Morgan fingerprint density at radius 3 is 0.838 bits per heavy atom. The minimum Gasteiger partial charge on any atom is -0.380 e. The lowest BCUT2D eigenvalue weighted by atomic mass is 9.56. The molecule has 0 amide bonds. The van der Waals surface area contributed by atoms with Gasteiger partial charge in [-0.3, -0.25) is 0 Å². The smallest absolute Gasteiger partial charge is 0.166 e. The highest BCUT2D eigenvalue weighted by molar-refractivity contribution is 7.43. The maximum atomic E-state index is 3.78. The lowest BCUT2D eigenvalue weighted by molar-refractivity contribution is 0.0198. The summed E-state index contributed by atoms with van der Waals surface area (Å²) in [4.78, 5) is 10.7. The summed E-state index contributed by atoms with van der Waals surface area (Å²) in [6, 6.07) is 88.2. The predicted octanol–water partition coefficient (Wildman–Crippen LogP) is 41.4. The number of nitrogens with zero attached hydrogens (tertiary/aromatic N) is 6. The Bertz CT molecular complexity index is 3930. The number of hydrogen-bond donors (Lipinski definition) is 1. The molecule has 10 aromatic carbocycles. The SMILES string of the molecule is C1C2CC3CC1CC(C2)C3.C1CC2C3CCC(C3)C2C1.CC.CC.CC.CC.CC.CC.CC.CC.CC.CC.CC.CC.CC.CC.CC.CC.c1ccc(-c2cc(-c3ccccc3)cc(-c3ccccc3)c2)cc1.c1ccc(C23CCC(CC2)CC3)cc1.c1ccc2c(c1)CNc1ccccc1-2.c1ccc2cc3ccccc3cc2c1.c1ncncn1.n1pnpnp1. The Morgan fingerprint density at radius 2 is 0.531 bits per heavy atom. The van der Waals surface area contributed by atoms with Gasteiger partial charge in [0.05, 0.1) is 0 Å². The molecule has 1 N–H and O–H groups in total. The van der Waals surface area contributed by atoms with E-state index in [1.165, 1.54) is 182 Å². The van der Waals surface area contributed by atoms with E-state index in [-0.39, 0.29) is 0 Å². The third-order valence-corrected chi connectivity index (χ3v) is 25.0. The standard InChI is InChI=1S/C24H18.C14H10.C14H18.C13H11N.2C10H16.C3H3N3.16C2H6.N3P3/c1-4-10-19(11-5-1)22-16-23(20-12-6-2-7-13-20)18-24(17-22)21-14-8-3-9-15-21;1-2-6-12-10-14-8-4-3-7-13(14)9-11(12)5-1;1-2-4-13(5-3-1)14-9-6-12(7-10-14)8-11-14;1-2-6-11-10(5-1)9-14-13-8-4-3-7-12(11)13;1-7-2-9-4-8(1)5-10(3-7)6-9;1-2-9-7-4-5-8(6-7)10(9)3-1;1-4-2-6-3-5-1;16*1-2;1-4-2-6-3-5-1/h1-18H;1-10H;1-5,12H,6-11H2;1-8,14H,9H2;2*7-10H,1-6H2;1-3H;16*1-2H3;. The largest absolute Gasteiger partial charge is 0.380 e. The molecule has 0 spiro atoms. The van der Waals surface area contributed by atoms with Crippen molar-refractivity contribution in [2.75, 3.05) is 5.32 Å². The summed E-state index contributed by atoms with van der Waals surface area (Å²) in [6.45, 7) is 64.9. The summed E-state index contributed by atoms with van der Waals surface area (Å²) in [5.74, 6) is 10.6. The molecule has 3 heterocycles. The van der Waals surface area contributed by atoms with Crippen LogP contribution in [0.4, 0.5) is 5.69 Å². The zero-order chi connectivity index (χ0) is 98.0. The molecule has 2 aromatic heterocycles. The molecule has 4 unspecified atom stereocenters. The molecule has 10 heteroatoms. The van der Waals surface area contributed by atoms with E-state index in [0.717, 1.165) is 38.0 Å². The molecule has 12 aromatic rings. The Hall–Kier alpha value is -8.17.